The second-order valence-corrected chi connectivity index (χ2v) is 6.17. The lowest BCUT2D eigenvalue weighted by molar-refractivity contribution is -0.105. The molecule has 26 heavy (non-hydrogen) atoms. The lowest BCUT2D eigenvalue weighted by atomic mass is 10.1. The Kier molecular flexibility index (Phi) is 4.72. The Balaban J connectivity index is 1.61. The van der Waals surface area contributed by atoms with Crippen LogP contribution in [0.15, 0.2) is 64.0 Å². The minimum absolute atomic E-state index is 0.143. The Bertz CT molecular complexity index is 1020. The first kappa shape index (κ1) is 16.4. The third kappa shape index (κ3) is 3.63. The van der Waals surface area contributed by atoms with Crippen molar-refractivity contribution >= 4 is 11.0 Å². The minimum Gasteiger partial charge on any atom is -0.465 e. The summed E-state index contributed by atoms with van der Waals surface area (Å²) in [7, 11) is 0. The van der Waals surface area contributed by atoms with Crippen molar-refractivity contribution in [2.24, 2.45) is 0 Å². The number of benzene rings is 2. The first-order valence-corrected chi connectivity index (χ1v) is 8.70. The van der Waals surface area contributed by atoms with Gasteiger partial charge < -0.3 is 13.9 Å². The third-order valence-electron chi connectivity index (χ3n) is 4.27. The zero-order valence-electron chi connectivity index (χ0n) is 14.2. The first-order valence-electron chi connectivity index (χ1n) is 8.70. The number of rotatable bonds is 2. The van der Waals surface area contributed by atoms with Gasteiger partial charge in [-0.25, -0.2) is 0 Å². The Morgan fingerprint density at radius 3 is 2.73 bits per heavy atom. The Morgan fingerprint density at radius 2 is 1.92 bits per heavy atom. The summed E-state index contributed by atoms with van der Waals surface area (Å²) >= 11 is 0. The van der Waals surface area contributed by atoms with E-state index in [4.69, 9.17) is 13.9 Å². The average Bonchev–Trinajstić information content (AvgIpc) is 2.69. The van der Waals surface area contributed by atoms with Gasteiger partial charge in [-0.05, 0) is 37.1 Å². The lowest BCUT2D eigenvalue weighted by Gasteiger charge is -2.23. The highest BCUT2D eigenvalue weighted by atomic mass is 16.7. The standard InChI is InChI=1S/C22H18O4/c23-22-17(10-9-16-6-2-1-3-7-16)15-25-20-14-18(11-12-19(20)22)26-21-8-4-5-13-24-21/h1-3,6-7,11-12,14-15,21H,4-5,8,13H2. The highest BCUT2D eigenvalue weighted by Crippen LogP contribution is 2.23. The monoisotopic (exact) mass is 346 g/mol. The summed E-state index contributed by atoms with van der Waals surface area (Å²) in [4.78, 5) is 12.6. The van der Waals surface area contributed by atoms with Crippen molar-refractivity contribution < 1.29 is 13.9 Å². The fourth-order valence-electron chi connectivity index (χ4n) is 2.89. The third-order valence-corrected chi connectivity index (χ3v) is 4.27. The average molecular weight is 346 g/mol. The molecule has 2 heterocycles. The fraction of sp³-hybridized carbons (Fsp3) is 0.227. The van der Waals surface area contributed by atoms with E-state index in [1.54, 1.807) is 18.2 Å². The molecule has 0 radical (unpaired) electrons. The molecule has 4 heteroatoms. The van der Waals surface area contributed by atoms with Gasteiger partial charge in [0.05, 0.1) is 12.0 Å². The molecule has 1 unspecified atom stereocenters. The number of hydrogen-bond donors (Lipinski definition) is 0. The second-order valence-electron chi connectivity index (χ2n) is 6.17. The Labute approximate surface area is 151 Å². The van der Waals surface area contributed by atoms with Gasteiger partial charge in [0.1, 0.15) is 23.2 Å². The molecule has 3 aromatic rings. The van der Waals surface area contributed by atoms with Gasteiger partial charge in [0.2, 0.25) is 5.43 Å². The Morgan fingerprint density at radius 1 is 1.04 bits per heavy atom. The van der Waals surface area contributed by atoms with E-state index in [0.717, 1.165) is 31.4 Å². The van der Waals surface area contributed by atoms with Crippen LogP contribution >= 0.6 is 0 Å². The molecule has 1 aliphatic rings. The quantitative estimate of drug-likeness (QED) is 0.656. The van der Waals surface area contributed by atoms with Crippen LogP contribution in [0.25, 0.3) is 11.0 Å². The largest absolute Gasteiger partial charge is 0.465 e. The van der Waals surface area contributed by atoms with Gasteiger partial charge in [-0.3, -0.25) is 4.79 Å². The molecule has 2 aromatic carbocycles. The van der Waals surface area contributed by atoms with Crippen LogP contribution in [0.1, 0.15) is 30.4 Å². The number of fused-ring (bicyclic) bond motifs is 1. The molecule has 130 valence electrons. The van der Waals surface area contributed by atoms with Crippen molar-refractivity contribution in [3.05, 3.63) is 76.1 Å². The van der Waals surface area contributed by atoms with Crippen LogP contribution in [0.4, 0.5) is 0 Å². The normalized spacial score (nSPS) is 16.7. The van der Waals surface area contributed by atoms with E-state index in [-0.39, 0.29) is 11.7 Å². The van der Waals surface area contributed by atoms with Crippen LogP contribution in [0.3, 0.4) is 0 Å². The fourth-order valence-corrected chi connectivity index (χ4v) is 2.89. The molecule has 1 saturated heterocycles. The number of hydrogen-bond acceptors (Lipinski definition) is 4. The van der Waals surface area contributed by atoms with Crippen LogP contribution in [0, 0.1) is 11.8 Å². The summed E-state index contributed by atoms with van der Waals surface area (Å²) < 4.78 is 17.0. The van der Waals surface area contributed by atoms with Crippen molar-refractivity contribution in [3.8, 4) is 17.6 Å². The molecule has 0 amide bonds. The first-order chi connectivity index (χ1) is 12.8. The molecule has 1 aromatic heterocycles. The minimum atomic E-state index is -0.232. The van der Waals surface area contributed by atoms with E-state index >= 15 is 0 Å². The molecular formula is C22H18O4. The molecule has 0 spiro atoms. The molecule has 0 bridgehead atoms. The SMILES string of the molecule is O=c1c(C#Cc2ccccc2)coc2cc(OC3CCCCO3)ccc12. The van der Waals surface area contributed by atoms with Crippen molar-refractivity contribution in [1.29, 1.82) is 0 Å². The molecular weight excluding hydrogens is 328 g/mol. The van der Waals surface area contributed by atoms with E-state index in [2.05, 4.69) is 11.8 Å². The molecule has 4 rings (SSSR count). The summed E-state index contributed by atoms with van der Waals surface area (Å²) in [5.41, 5.74) is 1.53. The molecule has 1 atom stereocenters. The molecule has 0 N–H and O–H groups in total. The van der Waals surface area contributed by atoms with Crippen LogP contribution in [0.5, 0.6) is 5.75 Å². The number of ether oxygens (including phenoxy) is 2. The molecule has 0 aliphatic carbocycles. The van der Waals surface area contributed by atoms with Gasteiger partial charge in [-0.15, -0.1) is 0 Å². The van der Waals surface area contributed by atoms with E-state index < -0.39 is 0 Å². The lowest BCUT2D eigenvalue weighted by Crippen LogP contribution is -2.24. The van der Waals surface area contributed by atoms with E-state index in [9.17, 15) is 4.79 Å². The molecule has 0 saturated carbocycles. The zero-order valence-corrected chi connectivity index (χ0v) is 14.2. The Hall–Kier alpha value is -3.03. The molecule has 4 nitrogen and oxygen atoms in total. The highest BCUT2D eigenvalue weighted by molar-refractivity contribution is 5.79. The van der Waals surface area contributed by atoms with Crippen LogP contribution in [-0.2, 0) is 4.74 Å². The van der Waals surface area contributed by atoms with E-state index in [1.165, 1.54) is 6.26 Å². The van der Waals surface area contributed by atoms with Crippen molar-refractivity contribution in [2.75, 3.05) is 6.61 Å². The summed E-state index contributed by atoms with van der Waals surface area (Å²) in [5.74, 6) is 6.51. The maximum absolute atomic E-state index is 12.6. The summed E-state index contributed by atoms with van der Waals surface area (Å²) in [5, 5.41) is 0.488. The van der Waals surface area contributed by atoms with Gasteiger partial charge in [0.25, 0.3) is 0 Å². The van der Waals surface area contributed by atoms with Crippen molar-refractivity contribution in [2.45, 2.75) is 25.6 Å². The van der Waals surface area contributed by atoms with E-state index in [1.807, 2.05) is 30.3 Å². The van der Waals surface area contributed by atoms with Crippen LogP contribution < -0.4 is 10.2 Å². The van der Waals surface area contributed by atoms with Crippen LogP contribution in [-0.4, -0.2) is 12.9 Å². The highest BCUT2D eigenvalue weighted by Gasteiger charge is 2.16. The predicted molar refractivity (Wildman–Crippen MR) is 99.1 cm³/mol. The second kappa shape index (κ2) is 7.47. The zero-order chi connectivity index (χ0) is 17.8. The van der Waals surface area contributed by atoms with Crippen LogP contribution in [0.2, 0.25) is 0 Å². The summed E-state index contributed by atoms with van der Waals surface area (Å²) in [6, 6.07) is 14.7. The van der Waals surface area contributed by atoms with Gasteiger partial charge in [-0.1, -0.05) is 30.0 Å². The van der Waals surface area contributed by atoms with Gasteiger partial charge in [0, 0.05) is 18.1 Å². The topological polar surface area (TPSA) is 48.7 Å². The predicted octanol–water partition coefficient (Wildman–Crippen LogP) is 4.10. The molecule has 1 fully saturated rings. The smallest absolute Gasteiger partial charge is 0.208 e. The van der Waals surface area contributed by atoms with Gasteiger partial charge >= 0.3 is 0 Å². The van der Waals surface area contributed by atoms with Crippen molar-refractivity contribution in [1.82, 2.24) is 0 Å². The van der Waals surface area contributed by atoms with E-state index in [0.29, 0.717) is 22.3 Å². The maximum Gasteiger partial charge on any atom is 0.208 e. The summed E-state index contributed by atoms with van der Waals surface area (Å²) in [6.07, 6.45) is 4.21. The van der Waals surface area contributed by atoms with Gasteiger partial charge in [-0.2, -0.15) is 0 Å². The van der Waals surface area contributed by atoms with Gasteiger partial charge in [0.15, 0.2) is 6.29 Å². The maximum atomic E-state index is 12.6. The van der Waals surface area contributed by atoms with Crippen molar-refractivity contribution in [3.63, 3.8) is 0 Å². The summed E-state index contributed by atoms with van der Waals surface area (Å²) in [6.45, 7) is 0.719. The molecule has 1 aliphatic heterocycles.